The second-order valence-corrected chi connectivity index (χ2v) is 77.1. The Morgan fingerprint density at radius 1 is 0.361 bits per heavy atom. The van der Waals surface area contributed by atoms with Crippen molar-refractivity contribution < 1.29 is 68.1 Å². The van der Waals surface area contributed by atoms with Gasteiger partial charge in [0.25, 0.3) is 0 Å². The van der Waals surface area contributed by atoms with Gasteiger partial charge in [-0.3, -0.25) is 12.9 Å². The Bertz CT molecular complexity index is 4860. The molecule has 0 atom stereocenters. The molecule has 18 rings (SSSR count). The van der Waals surface area contributed by atoms with Gasteiger partial charge in [-0.05, 0) is 243 Å². The van der Waals surface area contributed by atoms with Gasteiger partial charge in [0.15, 0.2) is 11.8 Å². The molecule has 0 aromatic heterocycles. The first-order valence-corrected chi connectivity index (χ1v) is 77.5. The maximum atomic E-state index is 9.67. The molecule has 3 heterocycles. The fourth-order valence-corrected chi connectivity index (χ4v) is 50.4. The first-order chi connectivity index (χ1) is 68.3. The summed E-state index contributed by atoms with van der Waals surface area (Å²) in [7, 11) is 18.8. The van der Waals surface area contributed by atoms with Gasteiger partial charge in [-0.2, -0.15) is 4.58 Å². The summed E-state index contributed by atoms with van der Waals surface area (Å²) in [5.41, 5.74) is 31.8. The predicted molar refractivity (Wildman–Crippen MR) is 648 cm³/mol. The molecule has 816 valence electrons. The summed E-state index contributed by atoms with van der Waals surface area (Å²) in [6.45, 7) is 60.5. The SMILES string of the molecule is C.C1CCC([PH+](C2CCCCC2)C2CCCCC2)CC1.C1CCC([PH+](C2CCCCC2)C2CCCCC2)CC1.CCc1cccc(CC)c1N1[CH-]C(C)(C)CC1(C)C.CCc1cccc(CC)c1N1[CH-]C(C)(C)CC1(C)C.CCc1cccc(CC)c1[N+]1=CC(C)(C)CC1(C)C.C[Si](C)(C)[N-][Si](C)(C)C.FB(F)F.[Cl][Ru]([Cl])=[C]1C=C(c2ccccc2)c2ccccc21.[Cl][Ru]([Cl])=[C]1C=C(c2ccccc2)c2ccccc21.[F-].[Li+]. The van der Waals surface area contributed by atoms with Crippen LogP contribution in [0.1, 0.15) is 411 Å². The number of para-hydroxylation sites is 3. The zero-order valence-electron chi connectivity index (χ0n) is 95.1. The van der Waals surface area contributed by atoms with Gasteiger partial charge in [0.2, 0.25) is 5.69 Å². The maximum absolute atomic E-state index is 9.67. The zero-order chi connectivity index (χ0) is 105. The second-order valence-electron chi connectivity index (χ2n) is 49.0. The van der Waals surface area contributed by atoms with E-state index in [1.807, 2.05) is 48.5 Å². The van der Waals surface area contributed by atoms with Gasteiger partial charge < -0.3 is 19.2 Å². The molecule has 0 radical (unpaired) electrons. The third-order valence-electron chi connectivity index (χ3n) is 31.7. The van der Waals surface area contributed by atoms with Crippen molar-refractivity contribution in [1.29, 1.82) is 0 Å². The summed E-state index contributed by atoms with van der Waals surface area (Å²) in [4.78, 5) is 5.09. The number of halogens is 8. The minimum atomic E-state index is -3.67. The average molecular weight is 2330 g/mol. The first-order valence-electron chi connectivity index (χ1n) is 56.5. The normalized spacial score (nSPS) is 20.0. The number of rotatable bonds is 19. The molecule has 0 spiro atoms. The van der Waals surface area contributed by atoms with Crippen molar-refractivity contribution in [2.75, 3.05) is 9.80 Å². The Hall–Kier alpha value is -2.93. The first kappa shape index (κ1) is 131. The van der Waals surface area contributed by atoms with Crippen molar-refractivity contribution in [3.63, 3.8) is 0 Å². The summed E-state index contributed by atoms with van der Waals surface area (Å²) in [5, 5.41) is 0. The average Bonchev–Trinajstić information content (AvgIpc) is 1.62. The molecule has 3 aliphatic heterocycles. The van der Waals surface area contributed by atoms with E-state index in [2.05, 4.69) is 325 Å². The Morgan fingerprint density at radius 3 is 0.803 bits per heavy atom. The van der Waals surface area contributed by atoms with Gasteiger partial charge in [-0.15, -0.1) is 10.8 Å². The number of allylic oxidation sites excluding steroid dienone is 2. The molecule has 7 aromatic carbocycles. The van der Waals surface area contributed by atoms with E-state index < -0.39 is 51.1 Å². The molecule has 0 bridgehead atoms. The number of hydrogen-bond acceptors (Lipinski definition) is 2. The minimum absolute atomic E-state index is 0. The molecule has 147 heavy (non-hydrogen) atoms. The molecule has 0 unspecified atom stereocenters. The van der Waals surface area contributed by atoms with Gasteiger partial charge >= 0.3 is 266 Å². The number of fused-ring (bicyclic) bond motifs is 2. The molecule has 8 aliphatic carbocycles. The quantitative estimate of drug-likeness (QED) is 0.0265. The minimum Gasteiger partial charge on any atom is -1.00 e. The molecular weight excluding hydrogens is 2140 g/mol. The van der Waals surface area contributed by atoms with Crippen molar-refractivity contribution in [3.8, 4) is 0 Å². The van der Waals surface area contributed by atoms with Gasteiger partial charge in [0.1, 0.15) is 0 Å². The molecule has 6 saturated carbocycles. The molecule has 2 saturated heterocycles. The van der Waals surface area contributed by atoms with E-state index in [1.54, 1.807) is 193 Å². The second kappa shape index (κ2) is 61.9. The Labute approximate surface area is 939 Å². The Balaban J connectivity index is 0.000000227. The third kappa shape index (κ3) is 39.0. The van der Waals surface area contributed by atoms with Crippen LogP contribution in [0.15, 0.2) is 176 Å². The topological polar surface area (TPSA) is 23.6 Å². The van der Waals surface area contributed by atoms with Crippen LogP contribution in [0.3, 0.4) is 0 Å². The van der Waals surface area contributed by atoms with Crippen molar-refractivity contribution in [3.05, 3.63) is 260 Å². The van der Waals surface area contributed by atoms with Crippen molar-refractivity contribution >= 4 is 121 Å². The van der Waals surface area contributed by atoms with Crippen LogP contribution in [0, 0.1) is 29.3 Å². The smallest absolute Gasteiger partial charge is 1.00 e. The van der Waals surface area contributed by atoms with Crippen LogP contribution < -0.4 is 33.4 Å². The van der Waals surface area contributed by atoms with Crippen molar-refractivity contribution in [2.45, 2.75) is 472 Å². The molecule has 4 nitrogen and oxygen atoms in total. The summed E-state index contributed by atoms with van der Waals surface area (Å²) in [6, 6.07) is 57.6. The van der Waals surface area contributed by atoms with Crippen LogP contribution >= 0.6 is 54.6 Å². The van der Waals surface area contributed by atoms with E-state index in [1.165, 1.54) is 148 Å². The molecule has 8 fully saturated rings. The molecule has 7 aromatic rings. The number of benzene rings is 7. The molecule has 20 heteroatoms. The summed E-state index contributed by atoms with van der Waals surface area (Å²) in [6.07, 6.45) is 64.6. The van der Waals surface area contributed by atoms with Crippen LogP contribution in [0.4, 0.5) is 30.0 Å². The molecule has 0 amide bonds. The van der Waals surface area contributed by atoms with Gasteiger partial charge in [0.05, 0.1) is 34.0 Å². The molecule has 0 N–H and O–H groups in total. The van der Waals surface area contributed by atoms with Gasteiger partial charge in [-0.25, -0.2) is 13.1 Å². The third-order valence-corrected chi connectivity index (χ3v) is 52.5. The van der Waals surface area contributed by atoms with E-state index >= 15 is 0 Å². The molecular formula is C127H194BCl4F4LiN4P2Ru2Si2. The summed E-state index contributed by atoms with van der Waals surface area (Å²) in [5.74, 6) is 0. The predicted octanol–water partition coefficient (Wildman–Crippen LogP) is 34.8. The standard InChI is InChI=1S/3C18H28N.2C18H33P.2C15H10.C6H18NSi2.CH4.BF3.4ClH.FH.Li.2Ru/c3*1-7-14-10-9-11-15(8-2)16(14)19-13-17(3,4)12-18(19,5)6;2*1-4-10-16(11-5-1)19(17-12-6-2-7-13-17)18-14-8-3-9-15-18;2*1-2-6-12(7-3-1)15-11-10-13-8-4-5-9-14(13)15;1-8(2,3)7-9(4,5)6;;2-1(3)4;;;;;;;;/h3*9-11,13H,7-8,12H2,1-6H3;2*16-18H,1-15H2;2*1-9,11H;1-6H3;1H4;;5*1H;;;/q2*-1;+1;;;;;-1;;;;;;;;+1;2*+2/p-3. The van der Waals surface area contributed by atoms with Crippen LogP contribution in [0.5, 0.6) is 0 Å². The number of aryl methyl sites for hydroxylation is 6. The summed E-state index contributed by atoms with van der Waals surface area (Å²) < 4.78 is 38.6. The summed E-state index contributed by atoms with van der Waals surface area (Å²) >= 11 is -3.76. The van der Waals surface area contributed by atoms with E-state index in [0.29, 0.717) is 0 Å². The van der Waals surface area contributed by atoms with Crippen LogP contribution in [0.2, 0.25) is 39.3 Å². The molecule has 11 aliphatic rings. The fourth-order valence-electron chi connectivity index (χ4n) is 26.9. The van der Waals surface area contributed by atoms with Gasteiger partial charge in [-0.1, -0.05) is 252 Å². The van der Waals surface area contributed by atoms with Crippen molar-refractivity contribution in [1.82, 2.24) is 0 Å². The van der Waals surface area contributed by atoms with Gasteiger partial charge in [0, 0.05) is 75.1 Å². The van der Waals surface area contributed by atoms with E-state index in [9.17, 15) is 12.9 Å². The van der Waals surface area contributed by atoms with Crippen LogP contribution in [0.25, 0.3) is 15.8 Å². The number of anilines is 2. The largest absolute Gasteiger partial charge is 1.00 e. The maximum Gasteiger partial charge on any atom is 1.00 e. The Kier molecular flexibility index (Phi) is 55.1. The monoisotopic (exact) mass is 2330 g/mol. The van der Waals surface area contributed by atoms with Crippen LogP contribution in [-0.4, -0.2) is 93.6 Å². The number of nitrogens with zero attached hydrogens (tertiary/aromatic N) is 4. The Morgan fingerprint density at radius 2 is 0.599 bits per heavy atom. The van der Waals surface area contributed by atoms with Crippen LogP contribution in [-0.2, 0) is 65.6 Å². The van der Waals surface area contributed by atoms with E-state index in [0.717, 1.165) is 46.7 Å². The zero-order valence-corrected chi connectivity index (χ0v) is 106. The fraction of sp³-hybridized carbons (Fsp3) is 0.598. The van der Waals surface area contributed by atoms with E-state index in [-0.39, 0.29) is 79.7 Å². The van der Waals surface area contributed by atoms with E-state index in [4.69, 9.17) is 43.4 Å². The number of hydrogen-bond donors (Lipinski definition) is 0. The van der Waals surface area contributed by atoms with Crippen molar-refractivity contribution in [2.24, 2.45) is 16.2 Å².